The minimum absolute atomic E-state index is 0.133. The van der Waals surface area contributed by atoms with Crippen LogP contribution < -0.4 is 5.32 Å². The molecule has 2 heterocycles. The van der Waals surface area contributed by atoms with Gasteiger partial charge in [-0.15, -0.1) is 11.3 Å². The molecule has 1 amide bonds. The van der Waals surface area contributed by atoms with E-state index in [-0.39, 0.29) is 16.9 Å². The predicted octanol–water partition coefficient (Wildman–Crippen LogP) is 5.31. The van der Waals surface area contributed by atoms with Crippen molar-refractivity contribution < 1.29 is 19.1 Å². The Morgan fingerprint density at radius 3 is 2.70 bits per heavy atom. The lowest BCUT2D eigenvalue weighted by Crippen LogP contribution is -2.13. The molecule has 0 saturated carbocycles. The molecule has 8 heteroatoms. The van der Waals surface area contributed by atoms with Crippen molar-refractivity contribution in [2.24, 2.45) is 0 Å². The van der Waals surface area contributed by atoms with Crippen molar-refractivity contribution in [1.82, 2.24) is 0 Å². The van der Waals surface area contributed by atoms with Gasteiger partial charge in [0.05, 0.1) is 11.1 Å². The number of nitriles is 2. The number of hydrogen-bond acceptors (Lipinski definition) is 6. The van der Waals surface area contributed by atoms with E-state index in [1.165, 1.54) is 29.5 Å². The van der Waals surface area contributed by atoms with Gasteiger partial charge in [0.2, 0.25) is 0 Å². The lowest BCUT2D eigenvalue weighted by Gasteiger charge is -2.09. The van der Waals surface area contributed by atoms with Crippen molar-refractivity contribution in [2.75, 3.05) is 5.32 Å². The Labute approximate surface area is 194 Å². The van der Waals surface area contributed by atoms with E-state index in [0.717, 1.165) is 41.7 Å². The van der Waals surface area contributed by atoms with Gasteiger partial charge >= 0.3 is 5.97 Å². The summed E-state index contributed by atoms with van der Waals surface area (Å²) in [6, 6.07) is 12.1. The predicted molar refractivity (Wildman–Crippen MR) is 124 cm³/mol. The standard InChI is InChI=1S/C25H19N3O4S/c1-14-6-7-15(25(30)31)11-19(14)21-9-8-17(32-21)10-16(12-26)23(29)28-24-20(13-27)18-4-2-3-5-22(18)33-24/h6-11H,2-5H2,1H3,(H,28,29)(H,30,31)/b16-10+. The maximum atomic E-state index is 12.8. The zero-order valence-corrected chi connectivity index (χ0v) is 18.6. The molecule has 33 heavy (non-hydrogen) atoms. The second-order valence-electron chi connectivity index (χ2n) is 7.69. The number of hydrogen-bond donors (Lipinski definition) is 2. The van der Waals surface area contributed by atoms with Crippen LogP contribution in [0.3, 0.4) is 0 Å². The van der Waals surface area contributed by atoms with E-state index in [9.17, 15) is 25.2 Å². The maximum absolute atomic E-state index is 12.8. The fourth-order valence-corrected chi connectivity index (χ4v) is 5.06. The van der Waals surface area contributed by atoms with Crippen LogP contribution in [0.2, 0.25) is 0 Å². The van der Waals surface area contributed by atoms with Crippen molar-refractivity contribution in [3.8, 4) is 23.5 Å². The van der Waals surface area contributed by atoms with E-state index < -0.39 is 11.9 Å². The van der Waals surface area contributed by atoms with Crippen molar-refractivity contribution in [3.05, 3.63) is 68.8 Å². The first-order chi connectivity index (χ1) is 15.9. The van der Waals surface area contributed by atoms with Crippen LogP contribution >= 0.6 is 11.3 Å². The minimum atomic E-state index is -1.04. The number of rotatable bonds is 5. The van der Waals surface area contributed by atoms with E-state index in [2.05, 4.69) is 11.4 Å². The molecule has 1 aliphatic rings. The van der Waals surface area contributed by atoms with Gasteiger partial charge in [0, 0.05) is 16.5 Å². The van der Waals surface area contributed by atoms with Crippen LogP contribution in [0.1, 0.15) is 50.5 Å². The molecule has 1 aromatic carbocycles. The molecule has 0 fully saturated rings. The number of carbonyl (C=O) groups is 2. The summed E-state index contributed by atoms with van der Waals surface area (Å²) >= 11 is 1.39. The Balaban J connectivity index is 1.59. The number of benzene rings is 1. The number of aromatic carboxylic acids is 1. The van der Waals surface area contributed by atoms with Gasteiger partial charge in [0.15, 0.2) is 0 Å². The maximum Gasteiger partial charge on any atom is 0.335 e. The third-order valence-corrected chi connectivity index (χ3v) is 6.75. The Morgan fingerprint density at radius 2 is 1.97 bits per heavy atom. The van der Waals surface area contributed by atoms with E-state index >= 15 is 0 Å². The highest BCUT2D eigenvalue weighted by atomic mass is 32.1. The van der Waals surface area contributed by atoms with Crippen LogP contribution in [0, 0.1) is 29.6 Å². The molecule has 3 aromatic rings. The van der Waals surface area contributed by atoms with Crippen molar-refractivity contribution in [2.45, 2.75) is 32.6 Å². The van der Waals surface area contributed by atoms with Crippen LogP contribution in [-0.4, -0.2) is 17.0 Å². The SMILES string of the molecule is Cc1ccc(C(=O)O)cc1-c1ccc(/C=C(\C#N)C(=O)Nc2sc3c(c2C#N)CCCC3)o1. The minimum Gasteiger partial charge on any atom is -0.478 e. The lowest BCUT2D eigenvalue weighted by molar-refractivity contribution is -0.112. The van der Waals surface area contributed by atoms with Gasteiger partial charge < -0.3 is 14.8 Å². The third-order valence-electron chi connectivity index (χ3n) is 5.54. The molecular formula is C25H19N3O4S. The highest BCUT2D eigenvalue weighted by molar-refractivity contribution is 7.16. The highest BCUT2D eigenvalue weighted by Crippen LogP contribution is 2.38. The number of thiophene rings is 1. The van der Waals surface area contributed by atoms with Gasteiger partial charge in [-0.25, -0.2) is 4.79 Å². The van der Waals surface area contributed by atoms with Crippen LogP contribution in [0.15, 0.2) is 40.3 Å². The monoisotopic (exact) mass is 457 g/mol. The number of nitrogens with zero attached hydrogens (tertiary/aromatic N) is 2. The molecule has 0 saturated heterocycles. The first-order valence-electron chi connectivity index (χ1n) is 10.3. The Kier molecular flexibility index (Phi) is 6.12. The summed E-state index contributed by atoms with van der Waals surface area (Å²) in [5.41, 5.74) is 2.89. The van der Waals surface area contributed by atoms with Gasteiger partial charge in [-0.05, 0) is 68.0 Å². The average Bonchev–Trinajstić information content (AvgIpc) is 3.41. The van der Waals surface area contributed by atoms with Gasteiger partial charge in [-0.3, -0.25) is 4.79 Å². The van der Waals surface area contributed by atoms with Gasteiger partial charge in [-0.2, -0.15) is 10.5 Å². The van der Waals surface area contributed by atoms with E-state index in [1.807, 2.05) is 13.0 Å². The zero-order valence-electron chi connectivity index (χ0n) is 17.8. The molecule has 1 aliphatic carbocycles. The van der Waals surface area contributed by atoms with Crippen molar-refractivity contribution in [3.63, 3.8) is 0 Å². The largest absolute Gasteiger partial charge is 0.478 e. The summed E-state index contributed by atoms with van der Waals surface area (Å²) in [5, 5.41) is 31.5. The number of fused-ring (bicyclic) bond motifs is 1. The fraction of sp³-hybridized carbons (Fsp3) is 0.200. The van der Waals surface area contributed by atoms with E-state index in [0.29, 0.717) is 21.9 Å². The van der Waals surface area contributed by atoms with Gasteiger partial charge in [-0.1, -0.05) is 6.07 Å². The number of carboxylic acid groups (broad SMARTS) is 1. The Morgan fingerprint density at radius 1 is 1.18 bits per heavy atom. The zero-order chi connectivity index (χ0) is 23.5. The lowest BCUT2D eigenvalue weighted by atomic mass is 9.96. The van der Waals surface area contributed by atoms with E-state index in [4.69, 9.17) is 4.42 Å². The number of carboxylic acids is 1. The topological polar surface area (TPSA) is 127 Å². The number of aryl methyl sites for hydroxylation is 2. The number of nitrogens with one attached hydrogen (secondary N) is 1. The average molecular weight is 458 g/mol. The molecule has 0 radical (unpaired) electrons. The molecule has 0 unspecified atom stereocenters. The van der Waals surface area contributed by atoms with Crippen LogP contribution in [0.5, 0.6) is 0 Å². The molecule has 7 nitrogen and oxygen atoms in total. The first-order valence-corrected chi connectivity index (χ1v) is 11.1. The van der Waals surface area contributed by atoms with Crippen molar-refractivity contribution >= 4 is 34.3 Å². The Hall–Kier alpha value is -4.14. The van der Waals surface area contributed by atoms with Crippen LogP contribution in [-0.2, 0) is 17.6 Å². The fourth-order valence-electron chi connectivity index (χ4n) is 3.83. The highest BCUT2D eigenvalue weighted by Gasteiger charge is 2.23. The number of carbonyl (C=O) groups excluding carboxylic acids is 1. The molecule has 2 aromatic heterocycles. The molecule has 0 bridgehead atoms. The summed E-state index contributed by atoms with van der Waals surface area (Å²) in [6.45, 7) is 1.83. The second-order valence-corrected chi connectivity index (χ2v) is 8.79. The Bertz CT molecular complexity index is 1380. The summed E-state index contributed by atoms with van der Waals surface area (Å²) in [5.74, 6) is -0.951. The third kappa shape index (κ3) is 4.43. The van der Waals surface area contributed by atoms with Gasteiger partial charge in [0.1, 0.15) is 34.2 Å². The molecule has 164 valence electrons. The summed E-state index contributed by atoms with van der Waals surface area (Å²) in [6.07, 6.45) is 5.12. The molecule has 0 aliphatic heterocycles. The molecule has 2 N–H and O–H groups in total. The van der Waals surface area contributed by atoms with Crippen LogP contribution in [0.4, 0.5) is 5.00 Å². The number of anilines is 1. The molecule has 0 spiro atoms. The summed E-state index contributed by atoms with van der Waals surface area (Å²) in [7, 11) is 0. The molecular weight excluding hydrogens is 438 g/mol. The smallest absolute Gasteiger partial charge is 0.335 e. The summed E-state index contributed by atoms with van der Waals surface area (Å²) < 4.78 is 5.78. The molecule has 4 rings (SSSR count). The summed E-state index contributed by atoms with van der Waals surface area (Å²) in [4.78, 5) is 25.2. The number of furan rings is 1. The molecule has 0 atom stereocenters. The van der Waals surface area contributed by atoms with E-state index in [1.54, 1.807) is 18.2 Å². The van der Waals surface area contributed by atoms with Crippen molar-refractivity contribution in [1.29, 1.82) is 10.5 Å². The quantitative estimate of drug-likeness (QED) is 0.395. The normalized spacial score (nSPS) is 13.0. The second kappa shape index (κ2) is 9.15. The first kappa shape index (κ1) is 22.1. The van der Waals surface area contributed by atoms with Crippen LogP contribution in [0.25, 0.3) is 17.4 Å². The van der Waals surface area contributed by atoms with Gasteiger partial charge in [0.25, 0.3) is 5.91 Å². The number of amides is 1.